The molecule has 0 saturated carbocycles. The van der Waals surface area contributed by atoms with Crippen LogP contribution in [0.3, 0.4) is 0 Å². The molecule has 0 radical (unpaired) electrons. The lowest BCUT2D eigenvalue weighted by Crippen LogP contribution is -2.28. The Hall–Kier alpha value is -1.07. The first-order valence-electron chi connectivity index (χ1n) is 6.06. The number of rotatable bonds is 7. The largest absolute Gasteiger partial charge is 0.355 e. The Morgan fingerprint density at radius 3 is 2.63 bits per heavy atom. The maximum absolute atomic E-state index is 11.5. The summed E-state index contributed by atoms with van der Waals surface area (Å²) in [5, 5.41) is 3.30. The van der Waals surface area contributed by atoms with Gasteiger partial charge in [-0.15, -0.1) is 0 Å². The summed E-state index contributed by atoms with van der Waals surface area (Å²) in [6.45, 7) is 0.170. The van der Waals surface area contributed by atoms with Crippen LogP contribution in [0, 0.1) is 0 Å². The number of carbonyl (C=O) groups is 1. The lowest BCUT2D eigenvalue weighted by atomic mass is 10.1. The number of hydrogen-bond donors (Lipinski definition) is 1. The number of halogens is 1. The van der Waals surface area contributed by atoms with Crippen LogP contribution in [0.1, 0.15) is 18.4 Å². The van der Waals surface area contributed by atoms with Gasteiger partial charge in [0.05, 0.1) is 5.75 Å². The fraction of sp³-hybridized carbons (Fsp3) is 0.462. The van der Waals surface area contributed by atoms with E-state index in [0.717, 1.165) is 18.2 Å². The number of benzene rings is 1. The Balaban J connectivity index is 2.23. The number of nitrogens with one attached hydrogen (secondary N) is 1. The molecule has 0 heterocycles. The second-order valence-corrected chi connectivity index (χ2v) is 7.09. The Kier molecular flexibility index (Phi) is 6.31. The molecule has 4 nitrogen and oxygen atoms in total. The van der Waals surface area contributed by atoms with Gasteiger partial charge >= 0.3 is 0 Å². The number of hydrogen-bond acceptors (Lipinski definition) is 3. The van der Waals surface area contributed by atoms with E-state index in [4.69, 9.17) is 11.6 Å². The molecule has 0 bridgehead atoms. The minimum atomic E-state index is -3.02. The third-order valence-corrected chi connectivity index (χ3v) is 3.92. The molecule has 0 atom stereocenters. The van der Waals surface area contributed by atoms with Crippen molar-refractivity contribution in [2.24, 2.45) is 0 Å². The molecule has 0 aliphatic carbocycles. The third kappa shape index (κ3) is 7.18. The van der Waals surface area contributed by atoms with E-state index in [0.29, 0.717) is 17.9 Å². The van der Waals surface area contributed by atoms with E-state index in [1.165, 1.54) is 0 Å². The molecule has 19 heavy (non-hydrogen) atoms. The van der Waals surface area contributed by atoms with Crippen LogP contribution in [0.15, 0.2) is 24.3 Å². The summed E-state index contributed by atoms with van der Waals surface area (Å²) in [5.41, 5.74) is 1.02. The minimum Gasteiger partial charge on any atom is -0.355 e. The second kappa shape index (κ2) is 7.50. The van der Waals surface area contributed by atoms with Crippen LogP contribution in [0.4, 0.5) is 0 Å². The van der Waals surface area contributed by atoms with Crippen LogP contribution in [0.2, 0.25) is 5.02 Å². The highest BCUT2D eigenvalue weighted by atomic mass is 35.5. The summed E-state index contributed by atoms with van der Waals surface area (Å²) in [6.07, 6.45) is 2.94. The van der Waals surface area contributed by atoms with E-state index in [1.54, 1.807) is 0 Å². The van der Waals surface area contributed by atoms with Gasteiger partial charge in [-0.1, -0.05) is 29.8 Å². The predicted octanol–water partition coefficient (Wildman–Crippen LogP) is 1.82. The quantitative estimate of drug-likeness (QED) is 0.836. The van der Waals surface area contributed by atoms with Crippen LogP contribution in [-0.2, 0) is 21.1 Å². The maximum atomic E-state index is 11.5. The van der Waals surface area contributed by atoms with E-state index in [9.17, 15) is 13.2 Å². The fourth-order valence-electron chi connectivity index (χ4n) is 1.60. The van der Waals surface area contributed by atoms with Gasteiger partial charge in [0.15, 0.2) is 0 Å². The molecule has 6 heteroatoms. The average Bonchev–Trinajstić information content (AvgIpc) is 2.30. The first-order chi connectivity index (χ1) is 8.88. The summed E-state index contributed by atoms with van der Waals surface area (Å²) >= 11 is 6.01. The summed E-state index contributed by atoms with van der Waals surface area (Å²) in [6, 6.07) is 7.53. The van der Waals surface area contributed by atoms with Crippen molar-refractivity contribution in [3.8, 4) is 0 Å². The zero-order valence-electron chi connectivity index (χ0n) is 10.9. The van der Waals surface area contributed by atoms with Crippen molar-refractivity contribution >= 4 is 27.3 Å². The zero-order chi connectivity index (χ0) is 14.3. The molecule has 1 aromatic rings. The average molecular weight is 304 g/mol. The van der Waals surface area contributed by atoms with E-state index >= 15 is 0 Å². The van der Waals surface area contributed by atoms with Crippen molar-refractivity contribution in [3.05, 3.63) is 34.9 Å². The van der Waals surface area contributed by atoms with Gasteiger partial charge in [-0.05, 0) is 24.5 Å². The van der Waals surface area contributed by atoms with Gasteiger partial charge in [-0.3, -0.25) is 4.79 Å². The molecule has 0 fully saturated rings. The van der Waals surface area contributed by atoms with Gasteiger partial charge in [0.1, 0.15) is 9.84 Å². The van der Waals surface area contributed by atoms with E-state index in [1.807, 2.05) is 24.3 Å². The number of aryl methyl sites for hydroxylation is 1. The van der Waals surface area contributed by atoms with Gasteiger partial charge in [0.2, 0.25) is 5.91 Å². The molecular weight excluding hydrogens is 286 g/mol. The lowest BCUT2D eigenvalue weighted by molar-refractivity contribution is -0.121. The zero-order valence-corrected chi connectivity index (χ0v) is 12.4. The van der Waals surface area contributed by atoms with Crippen LogP contribution in [-0.4, -0.2) is 32.9 Å². The van der Waals surface area contributed by atoms with Crippen LogP contribution >= 0.6 is 11.6 Å². The summed E-state index contributed by atoms with van der Waals surface area (Å²) in [5.74, 6) is -0.154. The lowest BCUT2D eigenvalue weighted by Gasteiger charge is -2.05. The Morgan fingerprint density at radius 2 is 2.00 bits per heavy atom. The van der Waals surface area contributed by atoms with Crippen molar-refractivity contribution in [1.82, 2.24) is 5.32 Å². The molecule has 1 rings (SSSR count). The SMILES string of the molecule is CS(=O)(=O)CCNC(=O)CCCc1ccccc1Cl. The molecule has 1 aromatic carbocycles. The molecular formula is C13H18ClNO3S. The number of amides is 1. The minimum absolute atomic E-state index is 0.0246. The maximum Gasteiger partial charge on any atom is 0.220 e. The molecule has 0 aliphatic heterocycles. The van der Waals surface area contributed by atoms with Gasteiger partial charge in [0.25, 0.3) is 0 Å². The van der Waals surface area contributed by atoms with E-state index in [2.05, 4.69) is 5.32 Å². The summed E-state index contributed by atoms with van der Waals surface area (Å²) in [7, 11) is -3.02. The number of carbonyl (C=O) groups excluding carboxylic acids is 1. The highest BCUT2D eigenvalue weighted by Crippen LogP contribution is 2.16. The van der Waals surface area contributed by atoms with Crippen LogP contribution in [0.5, 0.6) is 0 Å². The van der Waals surface area contributed by atoms with Gasteiger partial charge in [-0.25, -0.2) is 8.42 Å². The highest BCUT2D eigenvalue weighted by molar-refractivity contribution is 7.90. The first kappa shape index (κ1) is 16.0. The monoisotopic (exact) mass is 303 g/mol. The molecule has 0 aromatic heterocycles. The summed E-state index contributed by atoms with van der Waals surface area (Å²) in [4.78, 5) is 11.5. The predicted molar refractivity (Wildman–Crippen MR) is 77.1 cm³/mol. The summed E-state index contributed by atoms with van der Waals surface area (Å²) < 4.78 is 21.8. The topological polar surface area (TPSA) is 63.2 Å². The van der Waals surface area contributed by atoms with Crippen molar-refractivity contribution in [2.75, 3.05) is 18.6 Å². The molecule has 0 spiro atoms. The fourth-order valence-corrected chi connectivity index (χ4v) is 2.31. The normalized spacial score (nSPS) is 11.3. The number of sulfone groups is 1. The Labute approximate surface area is 119 Å². The third-order valence-electron chi connectivity index (χ3n) is 2.60. The van der Waals surface area contributed by atoms with Crippen LogP contribution < -0.4 is 5.32 Å². The first-order valence-corrected chi connectivity index (χ1v) is 8.50. The molecule has 1 N–H and O–H groups in total. The highest BCUT2D eigenvalue weighted by Gasteiger charge is 2.05. The van der Waals surface area contributed by atoms with Crippen molar-refractivity contribution in [3.63, 3.8) is 0 Å². The van der Waals surface area contributed by atoms with Crippen molar-refractivity contribution < 1.29 is 13.2 Å². The molecule has 0 saturated heterocycles. The smallest absolute Gasteiger partial charge is 0.220 e. The van der Waals surface area contributed by atoms with Crippen molar-refractivity contribution in [2.45, 2.75) is 19.3 Å². The van der Waals surface area contributed by atoms with Gasteiger partial charge < -0.3 is 5.32 Å². The van der Waals surface area contributed by atoms with Gasteiger partial charge in [0, 0.05) is 24.2 Å². The molecule has 0 aliphatic rings. The molecule has 106 valence electrons. The molecule has 1 amide bonds. The van der Waals surface area contributed by atoms with E-state index in [-0.39, 0.29) is 18.2 Å². The molecule has 0 unspecified atom stereocenters. The van der Waals surface area contributed by atoms with Crippen LogP contribution in [0.25, 0.3) is 0 Å². The Bertz CT molecular complexity index is 528. The Morgan fingerprint density at radius 1 is 1.32 bits per heavy atom. The second-order valence-electron chi connectivity index (χ2n) is 4.42. The standard InChI is InChI=1S/C13H18ClNO3S/c1-19(17,18)10-9-15-13(16)8-4-6-11-5-2-3-7-12(11)14/h2-3,5,7H,4,6,8-10H2,1H3,(H,15,16). The van der Waals surface area contributed by atoms with Crippen molar-refractivity contribution in [1.29, 1.82) is 0 Å². The van der Waals surface area contributed by atoms with E-state index < -0.39 is 9.84 Å². The van der Waals surface area contributed by atoms with Gasteiger partial charge in [-0.2, -0.15) is 0 Å².